The van der Waals surface area contributed by atoms with Crippen LogP contribution in [0.5, 0.6) is 0 Å². The third-order valence-electron chi connectivity index (χ3n) is 9.53. The largest absolute Gasteiger partial charge is 0.456 e. The number of hydrogen-bond donors (Lipinski definition) is 0. The third-order valence-corrected chi connectivity index (χ3v) is 9.53. The van der Waals surface area contributed by atoms with Crippen molar-refractivity contribution >= 4 is 32.9 Å². The molecule has 3 heterocycles. The molecule has 6 aromatic carbocycles. The molecule has 0 bridgehead atoms. The average Bonchev–Trinajstić information content (AvgIpc) is 3.73. The molecule has 1 atom stereocenters. The number of para-hydroxylation sites is 2. The van der Waals surface area contributed by atoms with Crippen LogP contribution < -0.4 is 0 Å². The van der Waals surface area contributed by atoms with Crippen LogP contribution in [0.2, 0.25) is 0 Å². The van der Waals surface area contributed by atoms with Crippen LogP contribution in [-0.2, 0) is 6.42 Å². The summed E-state index contributed by atoms with van der Waals surface area (Å²) in [6, 6.07) is 49.8. The Morgan fingerprint density at radius 3 is 1.79 bits per heavy atom. The second-order valence-electron chi connectivity index (χ2n) is 12.3. The molecule has 1 aliphatic carbocycles. The Balaban J connectivity index is 1.25. The molecule has 0 spiro atoms. The van der Waals surface area contributed by atoms with Crippen molar-refractivity contribution in [2.45, 2.75) is 12.3 Å². The maximum Gasteiger partial charge on any atom is 0.164 e. The summed E-state index contributed by atoms with van der Waals surface area (Å²) < 4.78 is 13.1. The van der Waals surface area contributed by atoms with Gasteiger partial charge in [0.25, 0.3) is 0 Å². The zero-order valence-corrected chi connectivity index (χ0v) is 25.8. The van der Waals surface area contributed by atoms with Gasteiger partial charge in [0.1, 0.15) is 22.5 Å². The predicted octanol–water partition coefficient (Wildman–Crippen LogP) is 10.9. The number of benzene rings is 6. The summed E-state index contributed by atoms with van der Waals surface area (Å²) in [6.07, 6.45) is 0.802. The summed E-state index contributed by atoms with van der Waals surface area (Å²) in [4.78, 5) is 15.3. The van der Waals surface area contributed by atoms with Crippen molar-refractivity contribution in [2.75, 3.05) is 0 Å². The first-order valence-electron chi connectivity index (χ1n) is 16.2. The normalized spacial score (nSPS) is 14.0. The van der Waals surface area contributed by atoms with Gasteiger partial charge in [-0.2, -0.15) is 0 Å². The fourth-order valence-electron chi connectivity index (χ4n) is 7.32. The van der Waals surface area contributed by atoms with E-state index in [1.807, 2.05) is 78.9 Å². The van der Waals surface area contributed by atoms with Crippen molar-refractivity contribution in [2.24, 2.45) is 0 Å². The second-order valence-corrected chi connectivity index (χ2v) is 12.3. The molecular weight excluding hydrogens is 590 g/mol. The van der Waals surface area contributed by atoms with Gasteiger partial charge in [-0.1, -0.05) is 121 Å². The van der Waals surface area contributed by atoms with Crippen molar-refractivity contribution < 1.29 is 8.83 Å². The molecule has 0 fully saturated rings. The van der Waals surface area contributed by atoms with Gasteiger partial charge < -0.3 is 8.83 Å². The van der Waals surface area contributed by atoms with E-state index in [0.717, 1.165) is 72.9 Å². The van der Waals surface area contributed by atoms with Gasteiger partial charge in [-0.3, -0.25) is 0 Å². The molecule has 1 unspecified atom stereocenters. The number of fused-ring (bicyclic) bond motifs is 8. The number of rotatable bonds is 4. The number of aromatic nitrogens is 3. The topological polar surface area (TPSA) is 65.0 Å². The summed E-state index contributed by atoms with van der Waals surface area (Å²) >= 11 is 0. The molecule has 0 N–H and O–H groups in total. The highest BCUT2D eigenvalue weighted by atomic mass is 16.3. The van der Waals surface area contributed by atoms with Gasteiger partial charge in [-0.15, -0.1) is 0 Å². The third kappa shape index (κ3) is 4.21. The van der Waals surface area contributed by atoms with Crippen molar-refractivity contribution in [3.8, 4) is 45.5 Å². The summed E-state index contributed by atoms with van der Waals surface area (Å²) in [5.41, 5.74) is 10.1. The van der Waals surface area contributed by atoms with E-state index in [0.29, 0.717) is 17.5 Å². The quantitative estimate of drug-likeness (QED) is 0.197. The maximum atomic E-state index is 6.60. The number of furan rings is 2. The van der Waals surface area contributed by atoms with E-state index in [1.165, 1.54) is 11.1 Å². The Bertz CT molecular complexity index is 2600. The van der Waals surface area contributed by atoms with Crippen molar-refractivity contribution in [1.29, 1.82) is 0 Å². The minimum atomic E-state index is 0.0649. The van der Waals surface area contributed by atoms with Gasteiger partial charge in [0, 0.05) is 49.9 Å². The lowest BCUT2D eigenvalue weighted by atomic mass is 9.77. The van der Waals surface area contributed by atoms with Gasteiger partial charge in [0.15, 0.2) is 17.5 Å². The van der Waals surface area contributed by atoms with E-state index in [2.05, 4.69) is 66.7 Å². The molecule has 0 saturated heterocycles. The van der Waals surface area contributed by atoms with Crippen LogP contribution in [0.4, 0.5) is 0 Å². The van der Waals surface area contributed by atoms with Crippen LogP contribution >= 0.6 is 0 Å². The molecule has 0 aliphatic heterocycles. The van der Waals surface area contributed by atoms with Gasteiger partial charge in [0.05, 0.1) is 0 Å². The lowest BCUT2D eigenvalue weighted by Gasteiger charge is -2.26. The zero-order chi connectivity index (χ0) is 31.6. The zero-order valence-electron chi connectivity index (χ0n) is 25.8. The summed E-state index contributed by atoms with van der Waals surface area (Å²) in [7, 11) is 0. The molecule has 0 saturated carbocycles. The molecule has 226 valence electrons. The summed E-state index contributed by atoms with van der Waals surface area (Å²) in [5, 5.41) is 3.19. The maximum absolute atomic E-state index is 6.60. The molecule has 5 nitrogen and oxygen atoms in total. The summed E-state index contributed by atoms with van der Waals surface area (Å²) in [5.74, 6) is 2.90. The Morgan fingerprint density at radius 2 is 1.06 bits per heavy atom. The van der Waals surface area contributed by atoms with E-state index >= 15 is 0 Å². The van der Waals surface area contributed by atoms with Crippen LogP contribution in [0.15, 0.2) is 154 Å². The van der Waals surface area contributed by atoms with Crippen LogP contribution in [0.1, 0.15) is 22.6 Å². The van der Waals surface area contributed by atoms with Crippen LogP contribution in [0.3, 0.4) is 0 Å². The molecule has 48 heavy (non-hydrogen) atoms. The predicted molar refractivity (Wildman–Crippen MR) is 191 cm³/mol. The van der Waals surface area contributed by atoms with Gasteiger partial charge in [-0.05, 0) is 41.8 Å². The van der Waals surface area contributed by atoms with E-state index in [-0.39, 0.29) is 5.92 Å². The highest BCUT2D eigenvalue weighted by Crippen LogP contribution is 2.48. The minimum Gasteiger partial charge on any atom is -0.456 e. The number of hydrogen-bond acceptors (Lipinski definition) is 5. The molecule has 3 aromatic heterocycles. The van der Waals surface area contributed by atoms with Gasteiger partial charge >= 0.3 is 0 Å². The first kappa shape index (κ1) is 26.8. The van der Waals surface area contributed by atoms with Crippen molar-refractivity contribution in [3.05, 3.63) is 162 Å². The van der Waals surface area contributed by atoms with Crippen molar-refractivity contribution in [3.63, 3.8) is 0 Å². The molecule has 9 aromatic rings. The SMILES string of the molecule is c1ccc(-c2nc(-c3ccccc3)nc(-c3cc(C4Cc5c(oc6ccccc56)-c5ccccc54)cc4oc5ccccc5c34)n2)cc1. The molecule has 0 amide bonds. The van der Waals surface area contributed by atoms with Crippen LogP contribution in [0.25, 0.3) is 78.4 Å². The Morgan fingerprint density at radius 1 is 0.479 bits per heavy atom. The Kier molecular flexibility index (Phi) is 5.93. The molecule has 0 radical (unpaired) electrons. The van der Waals surface area contributed by atoms with Crippen LogP contribution in [-0.4, -0.2) is 15.0 Å². The van der Waals surface area contributed by atoms with E-state index < -0.39 is 0 Å². The Hall–Kier alpha value is -6.33. The molecule has 10 rings (SSSR count). The fourth-order valence-corrected chi connectivity index (χ4v) is 7.32. The number of nitrogens with zero attached hydrogens (tertiary/aromatic N) is 3. The van der Waals surface area contributed by atoms with Crippen molar-refractivity contribution in [1.82, 2.24) is 15.0 Å². The van der Waals surface area contributed by atoms with E-state index in [4.69, 9.17) is 23.8 Å². The first-order chi connectivity index (χ1) is 23.8. The summed E-state index contributed by atoms with van der Waals surface area (Å²) in [6.45, 7) is 0. The van der Waals surface area contributed by atoms with Gasteiger partial charge in [-0.25, -0.2) is 15.0 Å². The lowest BCUT2D eigenvalue weighted by Crippen LogP contribution is -2.12. The highest BCUT2D eigenvalue weighted by Gasteiger charge is 2.31. The first-order valence-corrected chi connectivity index (χ1v) is 16.2. The molecule has 1 aliphatic rings. The smallest absolute Gasteiger partial charge is 0.164 e. The second kappa shape index (κ2) is 10.6. The highest BCUT2D eigenvalue weighted by molar-refractivity contribution is 6.12. The standard InChI is InChI=1S/C43H27N3O2/c1-3-13-26(14-4-1)41-44-42(27-15-5-2-6-16-27)46-43(45-41)35-23-28(24-38-39(35)32-20-10-12-22-37(32)47-38)33-25-34-30-18-9-11-21-36(30)48-40(34)31-19-8-7-17-29(31)33/h1-24,33H,25H2. The monoisotopic (exact) mass is 617 g/mol. The Labute approximate surface area is 276 Å². The van der Waals surface area contributed by atoms with Gasteiger partial charge in [0.2, 0.25) is 0 Å². The van der Waals surface area contributed by atoms with E-state index in [9.17, 15) is 0 Å². The minimum absolute atomic E-state index is 0.0649. The molecule has 5 heteroatoms. The van der Waals surface area contributed by atoms with Crippen LogP contribution in [0, 0.1) is 0 Å². The molecular formula is C43H27N3O2. The van der Waals surface area contributed by atoms with E-state index in [1.54, 1.807) is 0 Å². The average molecular weight is 618 g/mol. The fraction of sp³-hybridized carbons (Fsp3) is 0.0465. The lowest BCUT2D eigenvalue weighted by molar-refractivity contribution is 0.615.